The first-order valence-corrected chi connectivity index (χ1v) is 12.6. The highest BCUT2D eigenvalue weighted by Crippen LogP contribution is 2.28. The average molecular weight is 477 g/mol. The molecule has 0 saturated carbocycles. The van der Waals surface area contributed by atoms with Crippen molar-refractivity contribution in [1.29, 1.82) is 0 Å². The van der Waals surface area contributed by atoms with Gasteiger partial charge in [-0.05, 0) is 72.2 Å². The number of nitrogens with zero attached hydrogens (tertiary/aromatic N) is 1. The molecule has 0 spiro atoms. The molecule has 0 aliphatic carbocycles. The van der Waals surface area contributed by atoms with Gasteiger partial charge in [0.2, 0.25) is 10.0 Å². The van der Waals surface area contributed by atoms with Crippen LogP contribution >= 0.6 is 15.9 Å². The minimum atomic E-state index is -3.92. The summed E-state index contributed by atoms with van der Waals surface area (Å²) in [5.74, 6) is 0.698. The van der Waals surface area contributed by atoms with E-state index in [1.807, 2.05) is 6.07 Å². The minimum absolute atomic E-state index is 0.0480. The highest BCUT2D eigenvalue weighted by molar-refractivity contribution is 9.10. The zero-order valence-electron chi connectivity index (χ0n) is 14.8. The molecule has 1 N–H and O–H groups in total. The number of sulfone groups is 1. The van der Waals surface area contributed by atoms with Crippen LogP contribution in [0.25, 0.3) is 0 Å². The van der Waals surface area contributed by atoms with Gasteiger partial charge in [-0.1, -0.05) is 0 Å². The SMILES string of the molecule is CS(=O)(=O)c1ccc(Br)c(S(=O)(=O)NC[C@@H](c2ccco2)N2CCCC2)c1. The Morgan fingerprint density at radius 2 is 1.89 bits per heavy atom. The molecule has 0 radical (unpaired) electrons. The molecule has 1 aromatic carbocycles. The van der Waals surface area contributed by atoms with Gasteiger partial charge < -0.3 is 4.42 Å². The number of nitrogens with one attached hydrogen (secondary N) is 1. The Morgan fingerprint density at radius 3 is 2.48 bits per heavy atom. The van der Waals surface area contributed by atoms with Gasteiger partial charge in [-0.15, -0.1) is 0 Å². The number of benzene rings is 1. The lowest BCUT2D eigenvalue weighted by molar-refractivity contribution is 0.216. The quantitative estimate of drug-likeness (QED) is 0.659. The van der Waals surface area contributed by atoms with E-state index in [1.165, 1.54) is 18.2 Å². The number of furan rings is 1. The third-order valence-corrected chi connectivity index (χ3v) is 8.07. The van der Waals surface area contributed by atoms with Crippen molar-refractivity contribution in [3.05, 3.63) is 46.8 Å². The van der Waals surface area contributed by atoms with E-state index < -0.39 is 19.9 Å². The highest BCUT2D eigenvalue weighted by atomic mass is 79.9. The number of halogens is 1. The van der Waals surface area contributed by atoms with E-state index in [4.69, 9.17) is 4.42 Å². The molecule has 148 valence electrons. The maximum absolute atomic E-state index is 12.8. The number of hydrogen-bond donors (Lipinski definition) is 1. The van der Waals surface area contributed by atoms with Gasteiger partial charge in [0.25, 0.3) is 0 Å². The molecule has 7 nitrogen and oxygen atoms in total. The van der Waals surface area contributed by atoms with Crippen LogP contribution in [0.2, 0.25) is 0 Å². The lowest BCUT2D eigenvalue weighted by Crippen LogP contribution is -2.36. The number of rotatable bonds is 7. The Hall–Kier alpha value is -1.20. The molecule has 1 aliphatic heterocycles. The predicted molar refractivity (Wildman–Crippen MR) is 105 cm³/mol. The zero-order valence-corrected chi connectivity index (χ0v) is 18.0. The van der Waals surface area contributed by atoms with Crippen LogP contribution in [0.5, 0.6) is 0 Å². The van der Waals surface area contributed by atoms with Crippen LogP contribution in [0.1, 0.15) is 24.6 Å². The molecule has 2 aromatic rings. The Morgan fingerprint density at radius 1 is 1.19 bits per heavy atom. The molecule has 0 amide bonds. The van der Waals surface area contributed by atoms with Crippen molar-refractivity contribution in [2.75, 3.05) is 25.9 Å². The van der Waals surface area contributed by atoms with Crippen molar-refractivity contribution < 1.29 is 21.3 Å². The lowest BCUT2D eigenvalue weighted by atomic mass is 10.2. The third kappa shape index (κ3) is 4.80. The van der Waals surface area contributed by atoms with Crippen LogP contribution in [0.3, 0.4) is 0 Å². The Bertz CT molecular complexity index is 998. The van der Waals surface area contributed by atoms with Gasteiger partial charge in [0.1, 0.15) is 5.76 Å². The summed E-state index contributed by atoms with van der Waals surface area (Å²) >= 11 is 3.20. The van der Waals surface area contributed by atoms with Crippen LogP contribution in [0.4, 0.5) is 0 Å². The largest absolute Gasteiger partial charge is 0.468 e. The van der Waals surface area contributed by atoms with Gasteiger partial charge >= 0.3 is 0 Å². The number of sulfonamides is 1. The van der Waals surface area contributed by atoms with E-state index in [-0.39, 0.29) is 22.4 Å². The molecule has 1 aliphatic rings. The van der Waals surface area contributed by atoms with E-state index in [0.717, 1.165) is 32.2 Å². The summed E-state index contributed by atoms with van der Waals surface area (Å²) in [7, 11) is -7.44. The number of likely N-dealkylation sites (tertiary alicyclic amines) is 1. The summed E-state index contributed by atoms with van der Waals surface area (Å²) in [6, 6.07) is 7.36. The monoisotopic (exact) mass is 476 g/mol. The molecule has 1 aromatic heterocycles. The Balaban J connectivity index is 1.85. The van der Waals surface area contributed by atoms with Crippen LogP contribution in [-0.4, -0.2) is 47.6 Å². The second-order valence-corrected chi connectivity index (χ2v) is 11.1. The van der Waals surface area contributed by atoms with Gasteiger partial charge in [0, 0.05) is 17.3 Å². The summed E-state index contributed by atoms with van der Waals surface area (Å²) in [6.45, 7) is 1.88. The predicted octanol–water partition coefficient (Wildman–Crippen LogP) is 2.56. The standard InChI is InChI=1S/C17H21BrN2O5S2/c1-26(21,22)13-6-7-14(18)17(11-13)27(23,24)19-12-15(16-5-4-10-25-16)20-8-2-3-9-20/h4-7,10-11,15,19H,2-3,8-9,12H2,1H3/t15-/m0/s1. The maximum atomic E-state index is 12.8. The van der Waals surface area contributed by atoms with Crippen molar-refractivity contribution in [2.24, 2.45) is 0 Å². The van der Waals surface area contributed by atoms with Crippen molar-refractivity contribution in [3.63, 3.8) is 0 Å². The van der Waals surface area contributed by atoms with Crippen LogP contribution < -0.4 is 4.72 Å². The summed E-state index contributed by atoms with van der Waals surface area (Å²) in [6.07, 6.45) is 4.73. The zero-order chi connectivity index (χ0) is 19.7. The van der Waals surface area contributed by atoms with E-state index >= 15 is 0 Å². The highest BCUT2D eigenvalue weighted by Gasteiger charge is 2.28. The normalized spacial score (nSPS) is 17.3. The Labute approximate surface area is 167 Å². The fraction of sp³-hybridized carbons (Fsp3) is 0.412. The van der Waals surface area contributed by atoms with Gasteiger partial charge in [0.15, 0.2) is 9.84 Å². The van der Waals surface area contributed by atoms with Crippen LogP contribution in [-0.2, 0) is 19.9 Å². The smallest absolute Gasteiger partial charge is 0.241 e. The Kier molecular flexibility index (Phi) is 6.11. The molecule has 3 rings (SSSR count). The van der Waals surface area contributed by atoms with E-state index in [0.29, 0.717) is 10.2 Å². The van der Waals surface area contributed by atoms with Gasteiger partial charge in [-0.25, -0.2) is 21.6 Å². The van der Waals surface area contributed by atoms with E-state index in [1.54, 1.807) is 12.3 Å². The van der Waals surface area contributed by atoms with Crippen LogP contribution in [0.15, 0.2) is 55.3 Å². The molecule has 27 heavy (non-hydrogen) atoms. The first-order chi connectivity index (χ1) is 12.7. The van der Waals surface area contributed by atoms with Crippen LogP contribution in [0, 0.1) is 0 Å². The molecular weight excluding hydrogens is 456 g/mol. The first kappa shape index (κ1) is 20.5. The minimum Gasteiger partial charge on any atom is -0.468 e. The molecule has 2 heterocycles. The number of hydrogen-bond acceptors (Lipinski definition) is 6. The first-order valence-electron chi connectivity index (χ1n) is 8.45. The lowest BCUT2D eigenvalue weighted by Gasteiger charge is -2.26. The summed E-state index contributed by atoms with van der Waals surface area (Å²) in [4.78, 5) is 2.03. The van der Waals surface area contributed by atoms with E-state index in [9.17, 15) is 16.8 Å². The van der Waals surface area contributed by atoms with Crippen molar-refractivity contribution in [2.45, 2.75) is 28.7 Å². The molecule has 0 unspecified atom stereocenters. The summed E-state index contributed by atoms with van der Waals surface area (Å²) < 4.78 is 57.6. The summed E-state index contributed by atoms with van der Waals surface area (Å²) in [5.41, 5.74) is 0. The van der Waals surface area contributed by atoms with Crippen molar-refractivity contribution >= 4 is 35.8 Å². The topological polar surface area (TPSA) is 96.7 Å². The fourth-order valence-electron chi connectivity index (χ4n) is 3.13. The second kappa shape index (κ2) is 8.04. The van der Waals surface area contributed by atoms with Gasteiger partial charge in [-0.2, -0.15) is 0 Å². The van der Waals surface area contributed by atoms with E-state index in [2.05, 4.69) is 25.6 Å². The average Bonchev–Trinajstić information content (AvgIpc) is 3.28. The molecule has 1 fully saturated rings. The fourth-order valence-corrected chi connectivity index (χ4v) is 5.88. The van der Waals surface area contributed by atoms with Gasteiger partial charge in [0.05, 0.1) is 22.1 Å². The molecule has 10 heteroatoms. The van der Waals surface area contributed by atoms with Crippen molar-refractivity contribution in [3.8, 4) is 0 Å². The maximum Gasteiger partial charge on any atom is 0.241 e. The molecule has 1 saturated heterocycles. The van der Waals surface area contributed by atoms with Crippen molar-refractivity contribution in [1.82, 2.24) is 9.62 Å². The molecule has 1 atom stereocenters. The van der Waals surface area contributed by atoms with Gasteiger partial charge in [-0.3, -0.25) is 4.90 Å². The second-order valence-electron chi connectivity index (χ2n) is 6.49. The summed E-state index contributed by atoms with van der Waals surface area (Å²) in [5, 5.41) is 0. The molecular formula is C17H21BrN2O5S2. The molecule has 0 bridgehead atoms. The third-order valence-electron chi connectivity index (χ3n) is 4.54.